The summed E-state index contributed by atoms with van der Waals surface area (Å²) in [6.07, 6.45) is 3.94. The maximum Gasteiger partial charge on any atom is 0.00647 e. The van der Waals surface area contributed by atoms with E-state index in [1.54, 1.807) is 0 Å². The first-order valence-corrected chi connectivity index (χ1v) is 4.87. The zero-order valence-corrected chi connectivity index (χ0v) is 8.01. The van der Waals surface area contributed by atoms with E-state index in [4.69, 9.17) is 5.73 Å². The van der Waals surface area contributed by atoms with Gasteiger partial charge in [0.25, 0.3) is 0 Å². The Hall–Kier alpha value is -0.0400. The second kappa shape index (κ2) is 3.57. The molecule has 3 atom stereocenters. The van der Waals surface area contributed by atoms with E-state index < -0.39 is 0 Å². The molecule has 1 saturated carbocycles. The summed E-state index contributed by atoms with van der Waals surface area (Å²) >= 11 is 0. The van der Waals surface area contributed by atoms with Gasteiger partial charge in [0.05, 0.1) is 0 Å². The second-order valence-corrected chi connectivity index (χ2v) is 4.46. The van der Waals surface area contributed by atoms with Gasteiger partial charge in [-0.15, -0.1) is 0 Å². The minimum Gasteiger partial charge on any atom is -0.327 e. The molecule has 11 heavy (non-hydrogen) atoms. The highest BCUT2D eigenvalue weighted by Gasteiger charge is 2.26. The molecule has 0 aromatic carbocycles. The van der Waals surface area contributed by atoms with E-state index in [1.165, 1.54) is 19.3 Å². The first-order valence-electron chi connectivity index (χ1n) is 4.87. The van der Waals surface area contributed by atoms with Crippen LogP contribution in [-0.2, 0) is 0 Å². The molecule has 0 aliphatic heterocycles. The topological polar surface area (TPSA) is 26.0 Å². The summed E-state index contributed by atoms with van der Waals surface area (Å²) in [5, 5.41) is 0. The van der Waals surface area contributed by atoms with Gasteiger partial charge in [0.1, 0.15) is 0 Å². The van der Waals surface area contributed by atoms with Crippen LogP contribution >= 0.6 is 0 Å². The number of hydrogen-bond acceptors (Lipinski definition) is 1. The molecule has 0 saturated heterocycles. The fraction of sp³-hybridized carbons (Fsp3) is 1.00. The van der Waals surface area contributed by atoms with E-state index in [0.717, 1.165) is 17.8 Å². The molecule has 1 nitrogen and oxygen atoms in total. The Morgan fingerprint density at radius 2 is 1.91 bits per heavy atom. The maximum atomic E-state index is 5.94. The highest BCUT2D eigenvalue weighted by Crippen LogP contribution is 2.32. The van der Waals surface area contributed by atoms with Crippen molar-refractivity contribution >= 4 is 0 Å². The Labute approximate surface area is 70.4 Å². The van der Waals surface area contributed by atoms with Crippen molar-refractivity contribution < 1.29 is 0 Å². The van der Waals surface area contributed by atoms with Crippen molar-refractivity contribution in [2.24, 2.45) is 23.5 Å². The quantitative estimate of drug-likeness (QED) is 0.618. The van der Waals surface area contributed by atoms with Gasteiger partial charge >= 0.3 is 0 Å². The lowest BCUT2D eigenvalue weighted by Crippen LogP contribution is -2.35. The van der Waals surface area contributed by atoms with Gasteiger partial charge in [-0.25, -0.2) is 0 Å². The van der Waals surface area contributed by atoms with Crippen LogP contribution < -0.4 is 5.73 Å². The third kappa shape index (κ3) is 2.19. The summed E-state index contributed by atoms with van der Waals surface area (Å²) in [4.78, 5) is 0. The summed E-state index contributed by atoms with van der Waals surface area (Å²) in [6.45, 7) is 6.95. The third-order valence-corrected chi connectivity index (χ3v) is 3.22. The van der Waals surface area contributed by atoms with Gasteiger partial charge in [-0.1, -0.05) is 20.8 Å². The first kappa shape index (κ1) is 9.05. The van der Waals surface area contributed by atoms with Crippen LogP contribution in [0.15, 0.2) is 0 Å². The summed E-state index contributed by atoms with van der Waals surface area (Å²) in [7, 11) is 0. The Morgan fingerprint density at radius 3 is 2.36 bits per heavy atom. The van der Waals surface area contributed by atoms with E-state index in [1.807, 2.05) is 0 Å². The smallest absolute Gasteiger partial charge is 0.00647 e. The highest BCUT2D eigenvalue weighted by molar-refractivity contribution is 4.80. The van der Waals surface area contributed by atoms with Gasteiger partial charge in [-0.2, -0.15) is 0 Å². The third-order valence-electron chi connectivity index (χ3n) is 3.22. The van der Waals surface area contributed by atoms with Crippen LogP contribution in [0, 0.1) is 17.8 Å². The van der Waals surface area contributed by atoms with Gasteiger partial charge in [0, 0.05) is 6.04 Å². The molecular formula is C10H21N. The molecule has 1 unspecified atom stereocenters. The van der Waals surface area contributed by atoms with Crippen molar-refractivity contribution in [1.82, 2.24) is 0 Å². The van der Waals surface area contributed by atoms with Gasteiger partial charge < -0.3 is 5.73 Å². The molecule has 1 fully saturated rings. The lowest BCUT2D eigenvalue weighted by atomic mass is 9.75. The average molecular weight is 155 g/mol. The summed E-state index contributed by atoms with van der Waals surface area (Å²) in [6, 6.07) is 0.477. The predicted molar refractivity (Wildman–Crippen MR) is 49.3 cm³/mol. The van der Waals surface area contributed by atoms with Crippen molar-refractivity contribution in [2.75, 3.05) is 0 Å². The lowest BCUT2D eigenvalue weighted by Gasteiger charge is -2.33. The van der Waals surface area contributed by atoms with E-state index in [-0.39, 0.29) is 0 Å². The molecule has 0 spiro atoms. The first-order chi connectivity index (χ1) is 5.11. The largest absolute Gasteiger partial charge is 0.327 e. The van der Waals surface area contributed by atoms with Gasteiger partial charge in [0.15, 0.2) is 0 Å². The van der Waals surface area contributed by atoms with Crippen molar-refractivity contribution in [3.63, 3.8) is 0 Å². The molecule has 1 aliphatic rings. The van der Waals surface area contributed by atoms with E-state index >= 15 is 0 Å². The molecule has 0 bridgehead atoms. The standard InChI is InChI=1S/C10H21N/c1-7(2)9-4-5-10(11)8(3)6-9/h7-10H,4-6,11H2,1-3H3/t8-,9?,10+/m0/s1. The minimum atomic E-state index is 0.477. The molecule has 0 amide bonds. The van der Waals surface area contributed by atoms with E-state index in [0.29, 0.717) is 6.04 Å². The van der Waals surface area contributed by atoms with Crippen molar-refractivity contribution in [3.05, 3.63) is 0 Å². The summed E-state index contributed by atoms with van der Waals surface area (Å²) in [5.41, 5.74) is 5.94. The van der Waals surface area contributed by atoms with Crippen molar-refractivity contribution in [1.29, 1.82) is 0 Å². The minimum absolute atomic E-state index is 0.477. The molecule has 1 aliphatic carbocycles. The van der Waals surface area contributed by atoms with Gasteiger partial charge in [0.2, 0.25) is 0 Å². The fourth-order valence-corrected chi connectivity index (χ4v) is 2.07. The average Bonchev–Trinajstić information content (AvgIpc) is 1.94. The van der Waals surface area contributed by atoms with Gasteiger partial charge in [-0.05, 0) is 37.0 Å². The number of rotatable bonds is 1. The Morgan fingerprint density at radius 1 is 1.27 bits per heavy atom. The van der Waals surface area contributed by atoms with E-state index in [9.17, 15) is 0 Å². The molecular weight excluding hydrogens is 134 g/mol. The van der Waals surface area contributed by atoms with Gasteiger partial charge in [-0.3, -0.25) is 0 Å². The number of hydrogen-bond donors (Lipinski definition) is 1. The summed E-state index contributed by atoms with van der Waals surface area (Å²) in [5.74, 6) is 2.53. The van der Waals surface area contributed by atoms with Crippen LogP contribution in [0.4, 0.5) is 0 Å². The zero-order valence-electron chi connectivity index (χ0n) is 8.01. The molecule has 1 heteroatoms. The van der Waals surface area contributed by atoms with Crippen LogP contribution in [-0.4, -0.2) is 6.04 Å². The number of nitrogens with two attached hydrogens (primary N) is 1. The zero-order chi connectivity index (χ0) is 8.43. The Kier molecular flexibility index (Phi) is 2.94. The molecule has 0 aromatic rings. The van der Waals surface area contributed by atoms with Crippen LogP contribution in [0.25, 0.3) is 0 Å². The Bertz CT molecular complexity index is 120. The second-order valence-electron chi connectivity index (χ2n) is 4.46. The monoisotopic (exact) mass is 155 g/mol. The van der Waals surface area contributed by atoms with Crippen LogP contribution in [0.5, 0.6) is 0 Å². The van der Waals surface area contributed by atoms with Crippen molar-refractivity contribution in [3.8, 4) is 0 Å². The molecule has 66 valence electrons. The SMILES string of the molecule is CC(C)C1CC[C@@H](N)[C@@H](C)C1. The normalized spacial score (nSPS) is 39.5. The van der Waals surface area contributed by atoms with Crippen LogP contribution in [0.3, 0.4) is 0 Å². The molecule has 0 radical (unpaired) electrons. The highest BCUT2D eigenvalue weighted by atomic mass is 14.7. The molecule has 0 aromatic heterocycles. The van der Waals surface area contributed by atoms with Crippen molar-refractivity contribution in [2.45, 2.75) is 46.1 Å². The fourth-order valence-electron chi connectivity index (χ4n) is 2.07. The lowest BCUT2D eigenvalue weighted by molar-refractivity contribution is 0.202. The maximum absolute atomic E-state index is 5.94. The van der Waals surface area contributed by atoms with E-state index in [2.05, 4.69) is 20.8 Å². The summed E-state index contributed by atoms with van der Waals surface area (Å²) < 4.78 is 0. The van der Waals surface area contributed by atoms with Crippen LogP contribution in [0.1, 0.15) is 40.0 Å². The van der Waals surface area contributed by atoms with Crippen LogP contribution in [0.2, 0.25) is 0 Å². The Balaban J connectivity index is 2.40. The molecule has 1 rings (SSSR count). The predicted octanol–water partition coefficient (Wildman–Crippen LogP) is 2.41. The molecule has 2 N–H and O–H groups in total. The molecule has 0 heterocycles.